The highest BCUT2D eigenvalue weighted by Gasteiger charge is 2.24. The van der Waals surface area contributed by atoms with Gasteiger partial charge in [-0.3, -0.25) is 10.1 Å². The normalized spacial score (nSPS) is 14.5. The van der Waals surface area contributed by atoms with Gasteiger partial charge in [0.05, 0.1) is 12.0 Å². The first-order valence-corrected chi connectivity index (χ1v) is 8.08. The predicted octanol–water partition coefficient (Wildman–Crippen LogP) is 3.38. The van der Waals surface area contributed by atoms with E-state index in [1.54, 1.807) is 18.2 Å². The lowest BCUT2D eigenvalue weighted by Crippen LogP contribution is -2.46. The fourth-order valence-corrected chi connectivity index (χ4v) is 3.10. The summed E-state index contributed by atoms with van der Waals surface area (Å²) in [6.45, 7) is 4.44. The van der Waals surface area contributed by atoms with Crippen molar-refractivity contribution < 1.29 is 14.1 Å². The zero-order valence-electron chi connectivity index (χ0n) is 14.2. The van der Waals surface area contributed by atoms with E-state index in [0.717, 1.165) is 11.3 Å². The number of hydrogen-bond acceptors (Lipinski definition) is 5. The molecule has 25 heavy (non-hydrogen) atoms. The Morgan fingerprint density at radius 2 is 1.76 bits per heavy atom. The zero-order chi connectivity index (χ0) is 18.0. The van der Waals surface area contributed by atoms with Crippen molar-refractivity contribution in [2.45, 2.75) is 6.92 Å². The summed E-state index contributed by atoms with van der Waals surface area (Å²) < 4.78 is 18.8. The van der Waals surface area contributed by atoms with E-state index in [4.69, 9.17) is 4.74 Å². The summed E-state index contributed by atoms with van der Waals surface area (Å²) in [5, 5.41) is 11.3. The summed E-state index contributed by atoms with van der Waals surface area (Å²) in [7, 11) is 1.44. The summed E-state index contributed by atoms with van der Waals surface area (Å²) in [6, 6.07) is 10.2. The van der Waals surface area contributed by atoms with E-state index in [2.05, 4.69) is 4.90 Å². The fraction of sp³-hybridized carbons (Fsp3) is 0.333. The van der Waals surface area contributed by atoms with Crippen molar-refractivity contribution in [3.05, 3.63) is 57.9 Å². The summed E-state index contributed by atoms with van der Waals surface area (Å²) in [5.41, 5.74) is 2.42. The van der Waals surface area contributed by atoms with Crippen LogP contribution in [0.25, 0.3) is 0 Å². The third-order valence-electron chi connectivity index (χ3n) is 4.45. The van der Waals surface area contributed by atoms with E-state index in [-0.39, 0.29) is 16.4 Å². The van der Waals surface area contributed by atoms with Crippen molar-refractivity contribution in [2.24, 2.45) is 0 Å². The number of ether oxygens (including phenoxy) is 1. The fourth-order valence-electron chi connectivity index (χ4n) is 3.10. The molecule has 1 aliphatic rings. The maximum Gasteiger partial charge on any atom is 0.292 e. The molecule has 7 heteroatoms. The minimum Gasteiger partial charge on any atom is -0.494 e. The van der Waals surface area contributed by atoms with Crippen molar-refractivity contribution in [1.82, 2.24) is 0 Å². The first-order valence-electron chi connectivity index (χ1n) is 8.08. The van der Waals surface area contributed by atoms with Gasteiger partial charge < -0.3 is 14.5 Å². The number of piperazine rings is 1. The zero-order valence-corrected chi connectivity index (χ0v) is 14.2. The average Bonchev–Trinajstić information content (AvgIpc) is 2.61. The number of anilines is 2. The van der Waals surface area contributed by atoms with Gasteiger partial charge in [-0.15, -0.1) is 0 Å². The van der Waals surface area contributed by atoms with Gasteiger partial charge in [-0.05, 0) is 30.7 Å². The average molecular weight is 345 g/mol. The van der Waals surface area contributed by atoms with Gasteiger partial charge in [-0.2, -0.15) is 0 Å². The van der Waals surface area contributed by atoms with Crippen molar-refractivity contribution in [3.8, 4) is 5.75 Å². The van der Waals surface area contributed by atoms with Gasteiger partial charge >= 0.3 is 0 Å². The molecule has 0 N–H and O–H groups in total. The molecule has 1 fully saturated rings. The molecule has 1 saturated heterocycles. The van der Waals surface area contributed by atoms with Crippen LogP contribution in [0.5, 0.6) is 5.75 Å². The lowest BCUT2D eigenvalue weighted by molar-refractivity contribution is -0.384. The van der Waals surface area contributed by atoms with E-state index in [0.29, 0.717) is 31.9 Å². The van der Waals surface area contributed by atoms with Crippen LogP contribution in [-0.4, -0.2) is 38.2 Å². The molecule has 0 unspecified atom stereocenters. The van der Waals surface area contributed by atoms with E-state index in [1.165, 1.54) is 13.2 Å². The van der Waals surface area contributed by atoms with E-state index < -0.39 is 5.82 Å². The third kappa shape index (κ3) is 3.50. The lowest BCUT2D eigenvalue weighted by atomic mass is 10.1. The molecule has 132 valence electrons. The van der Waals surface area contributed by atoms with Gasteiger partial charge in [0.1, 0.15) is 5.69 Å². The standard InChI is InChI=1S/C18H20FN3O3/c1-13-3-5-16(17(11-13)22(23)24)21-9-7-20(8-10-21)14-4-6-18(25-2)15(19)12-14/h3-6,11-12H,7-10H2,1-2H3. The highest BCUT2D eigenvalue weighted by Crippen LogP contribution is 2.31. The molecular formula is C18H20FN3O3. The van der Waals surface area contributed by atoms with Crippen LogP contribution in [0, 0.1) is 22.9 Å². The monoisotopic (exact) mass is 345 g/mol. The number of methoxy groups -OCH3 is 1. The molecule has 0 bridgehead atoms. The minimum atomic E-state index is -0.392. The van der Waals surface area contributed by atoms with Gasteiger partial charge in [0, 0.05) is 44.0 Å². The van der Waals surface area contributed by atoms with Crippen LogP contribution in [0.2, 0.25) is 0 Å². The number of nitro benzene ring substituents is 1. The minimum absolute atomic E-state index is 0.129. The smallest absolute Gasteiger partial charge is 0.292 e. The summed E-state index contributed by atoms with van der Waals surface area (Å²) in [4.78, 5) is 15.1. The van der Waals surface area contributed by atoms with E-state index in [1.807, 2.05) is 24.0 Å². The molecule has 1 heterocycles. The molecule has 1 aliphatic heterocycles. The maximum absolute atomic E-state index is 13.9. The van der Waals surface area contributed by atoms with Gasteiger partial charge in [-0.1, -0.05) is 6.07 Å². The van der Waals surface area contributed by atoms with Gasteiger partial charge in [-0.25, -0.2) is 4.39 Å². The Bertz CT molecular complexity index is 789. The Morgan fingerprint density at radius 3 is 2.36 bits per heavy atom. The largest absolute Gasteiger partial charge is 0.494 e. The van der Waals surface area contributed by atoms with Crippen LogP contribution >= 0.6 is 0 Å². The molecule has 2 aromatic carbocycles. The molecule has 0 spiro atoms. The Hall–Kier alpha value is -2.83. The van der Waals surface area contributed by atoms with Gasteiger partial charge in [0.15, 0.2) is 11.6 Å². The molecule has 0 aromatic heterocycles. The molecule has 3 rings (SSSR count). The van der Waals surface area contributed by atoms with Gasteiger partial charge in [0.2, 0.25) is 0 Å². The Balaban J connectivity index is 1.74. The first kappa shape index (κ1) is 17.0. The van der Waals surface area contributed by atoms with Crippen LogP contribution in [-0.2, 0) is 0 Å². The Labute approximate surface area is 145 Å². The Kier molecular flexibility index (Phi) is 4.74. The summed E-state index contributed by atoms with van der Waals surface area (Å²) in [5.74, 6) is -0.172. The molecule has 0 saturated carbocycles. The highest BCUT2D eigenvalue weighted by atomic mass is 19.1. The van der Waals surface area contributed by atoms with Crippen LogP contribution in [0.3, 0.4) is 0 Å². The number of nitrogens with zero attached hydrogens (tertiary/aromatic N) is 3. The number of aryl methyl sites for hydroxylation is 1. The topological polar surface area (TPSA) is 58.8 Å². The first-order chi connectivity index (χ1) is 12.0. The molecule has 0 radical (unpaired) electrons. The quantitative estimate of drug-likeness (QED) is 0.628. The SMILES string of the molecule is COc1ccc(N2CCN(c3ccc(C)cc3[N+](=O)[O-])CC2)cc1F. The third-order valence-corrected chi connectivity index (χ3v) is 4.45. The second-order valence-electron chi connectivity index (χ2n) is 6.04. The van der Waals surface area contributed by atoms with E-state index >= 15 is 0 Å². The number of hydrogen-bond donors (Lipinski definition) is 0. The molecule has 6 nitrogen and oxygen atoms in total. The number of benzene rings is 2. The summed E-state index contributed by atoms with van der Waals surface area (Å²) in [6.07, 6.45) is 0. The molecule has 0 aliphatic carbocycles. The van der Waals surface area contributed by atoms with Crippen LogP contribution < -0.4 is 14.5 Å². The van der Waals surface area contributed by atoms with Crippen molar-refractivity contribution >= 4 is 17.1 Å². The lowest BCUT2D eigenvalue weighted by Gasteiger charge is -2.37. The summed E-state index contributed by atoms with van der Waals surface area (Å²) >= 11 is 0. The van der Waals surface area contributed by atoms with Gasteiger partial charge in [0.25, 0.3) is 5.69 Å². The molecule has 0 amide bonds. The molecular weight excluding hydrogens is 325 g/mol. The molecule has 2 aromatic rings. The number of rotatable bonds is 4. The Morgan fingerprint density at radius 1 is 1.08 bits per heavy atom. The van der Waals surface area contributed by atoms with Crippen LogP contribution in [0.1, 0.15) is 5.56 Å². The van der Waals surface area contributed by atoms with Crippen molar-refractivity contribution in [3.63, 3.8) is 0 Å². The van der Waals surface area contributed by atoms with Crippen molar-refractivity contribution in [1.29, 1.82) is 0 Å². The second kappa shape index (κ2) is 6.96. The van der Waals surface area contributed by atoms with Crippen LogP contribution in [0.15, 0.2) is 36.4 Å². The molecule has 0 atom stereocenters. The maximum atomic E-state index is 13.9. The number of nitro groups is 1. The van der Waals surface area contributed by atoms with Crippen molar-refractivity contribution in [2.75, 3.05) is 43.1 Å². The highest BCUT2D eigenvalue weighted by molar-refractivity contribution is 5.65. The van der Waals surface area contributed by atoms with Crippen LogP contribution in [0.4, 0.5) is 21.5 Å². The number of halogens is 1. The second-order valence-corrected chi connectivity index (χ2v) is 6.04. The van der Waals surface area contributed by atoms with E-state index in [9.17, 15) is 14.5 Å². The predicted molar refractivity (Wildman–Crippen MR) is 95.2 cm³/mol.